The minimum absolute atomic E-state index is 0.246. The van der Waals surface area contributed by atoms with Gasteiger partial charge in [-0.05, 0) is 12.1 Å². The quantitative estimate of drug-likeness (QED) is 0.552. The molecule has 1 aromatic carbocycles. The van der Waals surface area contributed by atoms with E-state index in [0.29, 0.717) is 17.8 Å². The molecule has 86 valence electrons. The summed E-state index contributed by atoms with van der Waals surface area (Å²) >= 11 is 0. The standard InChI is InChI=1S/C11H12O5/c1-14-9-4-3-5-10(8(9)6-12)16-7-11(13)15-2/h3-6H,7H2,1-2H3. The maximum Gasteiger partial charge on any atom is 0.343 e. The Morgan fingerprint density at radius 3 is 2.56 bits per heavy atom. The monoisotopic (exact) mass is 224 g/mol. The van der Waals surface area contributed by atoms with Gasteiger partial charge < -0.3 is 14.2 Å². The Labute approximate surface area is 92.9 Å². The van der Waals surface area contributed by atoms with E-state index in [0.717, 1.165) is 0 Å². The molecule has 0 heterocycles. The first-order valence-electron chi connectivity index (χ1n) is 4.54. The van der Waals surface area contributed by atoms with Crippen LogP contribution in [0.5, 0.6) is 11.5 Å². The first-order chi connectivity index (χ1) is 7.72. The molecule has 0 spiro atoms. The summed E-state index contributed by atoms with van der Waals surface area (Å²) in [5.41, 5.74) is 0.272. The van der Waals surface area contributed by atoms with E-state index in [9.17, 15) is 9.59 Å². The Hall–Kier alpha value is -2.04. The van der Waals surface area contributed by atoms with Gasteiger partial charge >= 0.3 is 5.97 Å². The number of hydrogen-bond donors (Lipinski definition) is 0. The zero-order chi connectivity index (χ0) is 12.0. The van der Waals surface area contributed by atoms with Crippen LogP contribution < -0.4 is 9.47 Å². The second-order valence-electron chi connectivity index (χ2n) is 2.85. The van der Waals surface area contributed by atoms with Crippen LogP contribution in [0, 0.1) is 0 Å². The summed E-state index contributed by atoms with van der Waals surface area (Å²) in [5, 5.41) is 0. The van der Waals surface area contributed by atoms with Crippen LogP contribution in [0.2, 0.25) is 0 Å². The van der Waals surface area contributed by atoms with Crippen molar-refractivity contribution < 1.29 is 23.8 Å². The molecule has 16 heavy (non-hydrogen) atoms. The summed E-state index contributed by atoms with van der Waals surface area (Å²) in [7, 11) is 2.71. The number of methoxy groups -OCH3 is 2. The SMILES string of the molecule is COC(=O)COc1cccc(OC)c1C=O. The zero-order valence-electron chi connectivity index (χ0n) is 9.06. The molecule has 5 heteroatoms. The molecule has 0 saturated heterocycles. The summed E-state index contributed by atoms with van der Waals surface area (Å²) in [5.74, 6) is 0.178. The third kappa shape index (κ3) is 2.73. The van der Waals surface area contributed by atoms with Crippen molar-refractivity contribution >= 4 is 12.3 Å². The summed E-state index contributed by atoms with van der Waals surface area (Å²) < 4.78 is 14.5. The number of carbonyl (C=O) groups excluding carboxylic acids is 2. The summed E-state index contributed by atoms with van der Waals surface area (Å²) in [6.45, 7) is -0.246. The second kappa shape index (κ2) is 5.75. The zero-order valence-corrected chi connectivity index (χ0v) is 9.06. The van der Waals surface area contributed by atoms with Crippen LogP contribution in [0.25, 0.3) is 0 Å². The Morgan fingerprint density at radius 2 is 2.00 bits per heavy atom. The molecule has 0 fully saturated rings. The summed E-state index contributed by atoms with van der Waals surface area (Å²) in [6, 6.07) is 4.88. The molecule has 1 aromatic rings. The van der Waals surface area contributed by atoms with Gasteiger partial charge in [0, 0.05) is 0 Å². The molecular formula is C11H12O5. The van der Waals surface area contributed by atoms with Crippen molar-refractivity contribution in [2.24, 2.45) is 0 Å². The first kappa shape index (κ1) is 12.0. The van der Waals surface area contributed by atoms with E-state index in [1.807, 2.05) is 0 Å². The van der Waals surface area contributed by atoms with Crippen molar-refractivity contribution in [1.82, 2.24) is 0 Å². The number of hydrogen-bond acceptors (Lipinski definition) is 5. The molecule has 0 unspecified atom stereocenters. The third-order valence-corrected chi connectivity index (χ3v) is 1.94. The van der Waals surface area contributed by atoms with E-state index in [1.54, 1.807) is 18.2 Å². The topological polar surface area (TPSA) is 61.8 Å². The van der Waals surface area contributed by atoms with Gasteiger partial charge in [-0.1, -0.05) is 6.07 Å². The van der Waals surface area contributed by atoms with Crippen LogP contribution in [-0.2, 0) is 9.53 Å². The van der Waals surface area contributed by atoms with Crippen LogP contribution in [0.1, 0.15) is 10.4 Å². The van der Waals surface area contributed by atoms with Gasteiger partial charge in [-0.25, -0.2) is 4.79 Å². The van der Waals surface area contributed by atoms with E-state index in [4.69, 9.17) is 9.47 Å². The maximum absolute atomic E-state index is 10.9. The molecule has 0 saturated carbocycles. The van der Waals surface area contributed by atoms with Crippen LogP contribution >= 0.6 is 0 Å². The molecular weight excluding hydrogens is 212 g/mol. The number of esters is 1. The minimum atomic E-state index is -0.514. The molecule has 5 nitrogen and oxygen atoms in total. The van der Waals surface area contributed by atoms with Crippen molar-refractivity contribution in [2.75, 3.05) is 20.8 Å². The van der Waals surface area contributed by atoms with Crippen LogP contribution in [0.3, 0.4) is 0 Å². The van der Waals surface area contributed by atoms with Gasteiger partial charge in [0.05, 0.1) is 19.8 Å². The normalized spacial score (nSPS) is 9.38. The van der Waals surface area contributed by atoms with Crippen LogP contribution in [0.15, 0.2) is 18.2 Å². The van der Waals surface area contributed by atoms with E-state index < -0.39 is 5.97 Å². The average molecular weight is 224 g/mol. The van der Waals surface area contributed by atoms with Gasteiger partial charge in [-0.15, -0.1) is 0 Å². The fourth-order valence-electron chi connectivity index (χ4n) is 1.14. The van der Waals surface area contributed by atoms with Gasteiger partial charge in [0.2, 0.25) is 0 Å². The number of aldehydes is 1. The lowest BCUT2D eigenvalue weighted by molar-refractivity contribution is -0.142. The molecule has 1 rings (SSSR count). The highest BCUT2D eigenvalue weighted by atomic mass is 16.6. The van der Waals surface area contributed by atoms with Gasteiger partial charge in [-0.2, -0.15) is 0 Å². The highest BCUT2D eigenvalue weighted by Gasteiger charge is 2.10. The van der Waals surface area contributed by atoms with Gasteiger partial charge in [0.15, 0.2) is 12.9 Å². The van der Waals surface area contributed by atoms with E-state index in [-0.39, 0.29) is 12.2 Å². The predicted octanol–water partition coefficient (Wildman–Crippen LogP) is 1.06. The molecule has 0 aliphatic rings. The molecule has 0 N–H and O–H groups in total. The third-order valence-electron chi connectivity index (χ3n) is 1.94. The van der Waals surface area contributed by atoms with E-state index in [1.165, 1.54) is 14.2 Å². The number of ether oxygens (including phenoxy) is 3. The minimum Gasteiger partial charge on any atom is -0.496 e. The van der Waals surface area contributed by atoms with Crippen LogP contribution in [0.4, 0.5) is 0 Å². The maximum atomic E-state index is 10.9. The Kier molecular flexibility index (Phi) is 4.32. The van der Waals surface area contributed by atoms with Crippen molar-refractivity contribution in [2.45, 2.75) is 0 Å². The first-order valence-corrected chi connectivity index (χ1v) is 4.54. The van der Waals surface area contributed by atoms with Crippen molar-refractivity contribution in [3.63, 3.8) is 0 Å². The summed E-state index contributed by atoms with van der Waals surface area (Å²) in [6.07, 6.45) is 0.617. The molecule has 0 atom stereocenters. The molecule has 0 aliphatic carbocycles. The smallest absolute Gasteiger partial charge is 0.343 e. The number of benzene rings is 1. The second-order valence-corrected chi connectivity index (χ2v) is 2.85. The van der Waals surface area contributed by atoms with Crippen molar-refractivity contribution in [3.8, 4) is 11.5 Å². The molecule has 0 amide bonds. The highest BCUT2D eigenvalue weighted by Crippen LogP contribution is 2.26. The molecule has 0 radical (unpaired) electrons. The molecule has 0 aromatic heterocycles. The van der Waals surface area contributed by atoms with E-state index >= 15 is 0 Å². The highest BCUT2D eigenvalue weighted by molar-refractivity contribution is 5.84. The Morgan fingerprint density at radius 1 is 1.31 bits per heavy atom. The van der Waals surface area contributed by atoms with Gasteiger partial charge in [0.1, 0.15) is 11.5 Å². The van der Waals surface area contributed by atoms with Crippen molar-refractivity contribution in [1.29, 1.82) is 0 Å². The number of rotatable bonds is 5. The lowest BCUT2D eigenvalue weighted by atomic mass is 10.2. The number of carbonyl (C=O) groups is 2. The average Bonchev–Trinajstić information content (AvgIpc) is 2.34. The Bertz CT molecular complexity index is 386. The van der Waals surface area contributed by atoms with E-state index in [2.05, 4.69) is 4.74 Å². The largest absolute Gasteiger partial charge is 0.496 e. The summed E-state index contributed by atoms with van der Waals surface area (Å²) in [4.78, 5) is 21.7. The predicted molar refractivity (Wildman–Crippen MR) is 55.9 cm³/mol. The molecule has 0 aliphatic heterocycles. The Balaban J connectivity index is 2.86. The van der Waals surface area contributed by atoms with Gasteiger partial charge in [-0.3, -0.25) is 4.79 Å². The lowest BCUT2D eigenvalue weighted by Gasteiger charge is -2.09. The van der Waals surface area contributed by atoms with Crippen LogP contribution in [-0.4, -0.2) is 33.1 Å². The van der Waals surface area contributed by atoms with Crippen molar-refractivity contribution in [3.05, 3.63) is 23.8 Å². The fourth-order valence-corrected chi connectivity index (χ4v) is 1.14. The fraction of sp³-hybridized carbons (Fsp3) is 0.273. The molecule has 0 bridgehead atoms. The van der Waals surface area contributed by atoms with Gasteiger partial charge in [0.25, 0.3) is 0 Å². The lowest BCUT2D eigenvalue weighted by Crippen LogP contribution is -2.13.